The maximum Gasteiger partial charge on any atom is 0.183 e. The molecule has 6 heteroatoms. The van der Waals surface area contributed by atoms with E-state index in [1.54, 1.807) is 0 Å². The minimum absolute atomic E-state index is 0.250. The van der Waals surface area contributed by atoms with Crippen LogP contribution >= 0.6 is 12.3 Å². The number of rotatable bonds is 0. The summed E-state index contributed by atoms with van der Waals surface area (Å²) in [5.74, 6) is -0.333. The van der Waals surface area contributed by atoms with Crippen LogP contribution in [0, 0.1) is 5.41 Å². The van der Waals surface area contributed by atoms with Crippen molar-refractivity contribution in [1.82, 2.24) is 0 Å². The fourth-order valence-electron chi connectivity index (χ4n) is 0. The van der Waals surface area contributed by atoms with Gasteiger partial charge in [0.25, 0.3) is 0 Å². The van der Waals surface area contributed by atoms with E-state index < -0.39 is 0 Å². The van der Waals surface area contributed by atoms with Gasteiger partial charge in [-0.2, -0.15) is 0 Å². The summed E-state index contributed by atoms with van der Waals surface area (Å²) >= 11 is -0.250. The molecule has 5 nitrogen and oxygen atoms in total. The summed E-state index contributed by atoms with van der Waals surface area (Å²) in [6, 6.07) is 0. The lowest BCUT2D eigenvalue weighted by atomic mass is 11.1. The molecule has 0 aromatic heterocycles. The topological polar surface area (TPSA) is 116 Å². The van der Waals surface area contributed by atoms with Gasteiger partial charge >= 0.3 is 0 Å². The molecule has 0 spiro atoms. The van der Waals surface area contributed by atoms with Crippen LogP contribution in [-0.4, -0.2) is 15.1 Å². The van der Waals surface area contributed by atoms with Gasteiger partial charge in [-0.25, -0.2) is 0 Å². The molecule has 44 valence electrons. The van der Waals surface area contributed by atoms with Crippen LogP contribution in [0.1, 0.15) is 0 Å². The SMILES string of the molecule is N=C(N)N.OSO. The van der Waals surface area contributed by atoms with Gasteiger partial charge in [0.05, 0.1) is 0 Å². The highest BCUT2D eigenvalue weighted by atomic mass is 32.2. The number of hydrogen-bond acceptors (Lipinski definition) is 4. The largest absolute Gasteiger partial charge is 0.370 e. The lowest BCUT2D eigenvalue weighted by Gasteiger charge is -1.69. The summed E-state index contributed by atoms with van der Waals surface area (Å²) < 4.78 is 14.1. The first kappa shape index (κ1) is 9.74. The monoisotopic (exact) mass is 125 g/mol. The van der Waals surface area contributed by atoms with Crippen molar-refractivity contribution in [1.29, 1.82) is 5.41 Å². The lowest BCUT2D eigenvalue weighted by Crippen LogP contribution is -2.20. The second-order valence-electron chi connectivity index (χ2n) is 0.537. The van der Waals surface area contributed by atoms with Crippen molar-refractivity contribution in [2.24, 2.45) is 11.5 Å². The maximum atomic E-state index is 7.04. The van der Waals surface area contributed by atoms with Crippen LogP contribution < -0.4 is 11.5 Å². The van der Waals surface area contributed by atoms with Crippen LogP contribution in [0.15, 0.2) is 0 Å². The van der Waals surface area contributed by atoms with E-state index in [4.69, 9.17) is 14.5 Å². The Morgan fingerprint density at radius 3 is 1.43 bits per heavy atom. The summed E-state index contributed by atoms with van der Waals surface area (Å²) in [5.41, 5.74) is 8.94. The van der Waals surface area contributed by atoms with Gasteiger partial charge in [-0.05, 0) is 0 Å². The van der Waals surface area contributed by atoms with E-state index >= 15 is 0 Å². The predicted octanol–water partition coefficient (Wildman–Crippen LogP) is -0.496. The van der Waals surface area contributed by atoms with E-state index in [2.05, 4.69) is 11.5 Å². The van der Waals surface area contributed by atoms with E-state index in [1.807, 2.05) is 0 Å². The van der Waals surface area contributed by atoms with E-state index in [0.29, 0.717) is 0 Å². The zero-order chi connectivity index (χ0) is 6.28. The molecule has 0 heterocycles. The fourth-order valence-corrected chi connectivity index (χ4v) is 0. The minimum atomic E-state index is -0.333. The van der Waals surface area contributed by atoms with Crippen molar-refractivity contribution >= 4 is 18.3 Å². The predicted molar refractivity (Wildman–Crippen MR) is 29.0 cm³/mol. The Kier molecular flexibility index (Phi) is 12.7. The average Bonchev–Trinajstić information content (AvgIpc) is 1.33. The van der Waals surface area contributed by atoms with Gasteiger partial charge in [0.15, 0.2) is 18.3 Å². The molecular formula is CH7N3O2S. The summed E-state index contributed by atoms with van der Waals surface area (Å²) in [6.45, 7) is 0. The third-order valence-corrected chi connectivity index (χ3v) is 0. The smallest absolute Gasteiger partial charge is 0.183 e. The summed E-state index contributed by atoms with van der Waals surface area (Å²) in [7, 11) is 0. The Labute approximate surface area is 45.2 Å². The van der Waals surface area contributed by atoms with Crippen molar-refractivity contribution in [3.05, 3.63) is 0 Å². The molecular weight excluding hydrogens is 118 g/mol. The van der Waals surface area contributed by atoms with Crippen molar-refractivity contribution in [3.63, 3.8) is 0 Å². The first-order valence-corrected chi connectivity index (χ1v) is 1.92. The molecule has 0 aliphatic rings. The van der Waals surface area contributed by atoms with Gasteiger partial charge in [-0.3, -0.25) is 5.41 Å². The highest BCUT2D eigenvalue weighted by molar-refractivity contribution is 7.87. The Hall–Kier alpha value is -0.460. The molecule has 0 unspecified atom stereocenters. The van der Waals surface area contributed by atoms with Gasteiger partial charge in [-0.1, -0.05) is 0 Å². The van der Waals surface area contributed by atoms with Crippen LogP contribution in [0.4, 0.5) is 0 Å². The Balaban J connectivity index is 0. The van der Waals surface area contributed by atoms with Crippen LogP contribution in [0.3, 0.4) is 0 Å². The first-order valence-electron chi connectivity index (χ1n) is 1.19. The van der Waals surface area contributed by atoms with Gasteiger partial charge in [0, 0.05) is 0 Å². The van der Waals surface area contributed by atoms with Crippen LogP contribution in [0.2, 0.25) is 0 Å². The molecule has 7 N–H and O–H groups in total. The quantitative estimate of drug-likeness (QED) is 0.170. The lowest BCUT2D eigenvalue weighted by molar-refractivity contribution is 0.541. The van der Waals surface area contributed by atoms with Crippen molar-refractivity contribution < 1.29 is 9.11 Å². The molecule has 0 aromatic rings. The molecule has 0 saturated heterocycles. The van der Waals surface area contributed by atoms with Gasteiger partial charge < -0.3 is 20.6 Å². The summed E-state index contributed by atoms with van der Waals surface area (Å²) in [4.78, 5) is 0. The highest BCUT2D eigenvalue weighted by Gasteiger charge is 1.52. The standard InChI is InChI=1S/CH5N3.H2O2S/c2-1(3)4;1-3-2/h(H5,2,3,4);1-2H. The van der Waals surface area contributed by atoms with E-state index in [0.717, 1.165) is 0 Å². The molecule has 0 rings (SSSR count). The zero-order valence-electron chi connectivity index (χ0n) is 3.46. The van der Waals surface area contributed by atoms with Crippen LogP contribution in [0.25, 0.3) is 0 Å². The second kappa shape index (κ2) is 9.11. The highest BCUT2D eigenvalue weighted by Crippen LogP contribution is 1.67. The average molecular weight is 125 g/mol. The van der Waals surface area contributed by atoms with E-state index in [1.165, 1.54) is 0 Å². The minimum Gasteiger partial charge on any atom is -0.370 e. The Bertz CT molecular complexity index is 44.2. The van der Waals surface area contributed by atoms with Gasteiger partial charge in [-0.15, -0.1) is 0 Å². The van der Waals surface area contributed by atoms with Crippen LogP contribution in [-0.2, 0) is 0 Å². The molecule has 0 radical (unpaired) electrons. The number of nitrogens with one attached hydrogen (secondary N) is 1. The summed E-state index contributed by atoms with van der Waals surface area (Å²) in [5, 5.41) is 6.06. The molecule has 0 amide bonds. The molecule has 0 aromatic carbocycles. The molecule has 0 saturated carbocycles. The van der Waals surface area contributed by atoms with E-state index in [9.17, 15) is 0 Å². The van der Waals surface area contributed by atoms with Gasteiger partial charge in [0.1, 0.15) is 0 Å². The molecule has 0 aliphatic carbocycles. The van der Waals surface area contributed by atoms with Gasteiger partial charge in [0.2, 0.25) is 0 Å². The number of nitrogens with two attached hydrogens (primary N) is 2. The molecule has 0 atom stereocenters. The normalized spacial score (nSPS) is 6.00. The fraction of sp³-hybridized carbons (Fsp3) is 0. The molecule has 0 fully saturated rings. The van der Waals surface area contributed by atoms with Crippen molar-refractivity contribution in [2.45, 2.75) is 0 Å². The Morgan fingerprint density at radius 2 is 1.43 bits per heavy atom. The van der Waals surface area contributed by atoms with Crippen molar-refractivity contribution in [3.8, 4) is 0 Å². The second-order valence-corrected chi connectivity index (χ2v) is 0.700. The number of hydrogen-bond donors (Lipinski definition) is 5. The molecule has 7 heavy (non-hydrogen) atoms. The maximum absolute atomic E-state index is 7.04. The first-order chi connectivity index (χ1) is 3.15. The zero-order valence-corrected chi connectivity index (χ0v) is 4.27. The molecule has 0 aliphatic heterocycles. The Morgan fingerprint density at radius 1 is 1.43 bits per heavy atom. The third-order valence-electron chi connectivity index (χ3n) is 0. The van der Waals surface area contributed by atoms with Crippen LogP contribution in [0.5, 0.6) is 0 Å². The van der Waals surface area contributed by atoms with Crippen molar-refractivity contribution in [2.75, 3.05) is 0 Å². The third kappa shape index (κ3) is 328. The molecule has 0 bridgehead atoms. The number of guanidine groups is 1. The summed E-state index contributed by atoms with van der Waals surface area (Å²) in [6.07, 6.45) is 0. The van der Waals surface area contributed by atoms with E-state index in [-0.39, 0.29) is 18.3 Å².